The van der Waals surface area contributed by atoms with Crippen LogP contribution in [0.2, 0.25) is 10.3 Å². The SMILES string of the molecule is CCOC(=O)CCCNc1nc(Cl)ncc1Cl. The van der Waals surface area contributed by atoms with Crippen LogP contribution in [0, 0.1) is 0 Å². The summed E-state index contributed by atoms with van der Waals surface area (Å²) in [6.07, 6.45) is 2.42. The molecule has 0 saturated carbocycles. The molecule has 0 aliphatic rings. The van der Waals surface area contributed by atoms with Crippen LogP contribution in [0.4, 0.5) is 5.82 Å². The van der Waals surface area contributed by atoms with Crippen LogP contribution in [0.3, 0.4) is 0 Å². The Hall–Kier alpha value is -1.07. The smallest absolute Gasteiger partial charge is 0.305 e. The molecule has 0 amide bonds. The second kappa shape index (κ2) is 7.29. The number of aromatic nitrogens is 2. The maximum absolute atomic E-state index is 11.1. The van der Waals surface area contributed by atoms with Gasteiger partial charge in [-0.15, -0.1) is 0 Å². The number of halogens is 2. The molecule has 0 aliphatic carbocycles. The molecular formula is C10H13Cl2N3O2. The lowest BCUT2D eigenvalue weighted by Gasteiger charge is -2.06. The first kappa shape index (κ1) is 14.0. The van der Waals surface area contributed by atoms with Crippen LogP contribution < -0.4 is 5.32 Å². The summed E-state index contributed by atoms with van der Waals surface area (Å²) in [6.45, 7) is 2.74. The minimum atomic E-state index is -0.207. The fourth-order valence-electron chi connectivity index (χ4n) is 1.14. The van der Waals surface area contributed by atoms with Crippen LogP contribution in [-0.2, 0) is 9.53 Å². The van der Waals surface area contributed by atoms with Crippen molar-refractivity contribution in [3.63, 3.8) is 0 Å². The number of carbonyl (C=O) groups is 1. The Morgan fingerprint density at radius 2 is 2.29 bits per heavy atom. The average Bonchev–Trinajstić information content (AvgIpc) is 2.29. The quantitative estimate of drug-likeness (QED) is 0.492. The topological polar surface area (TPSA) is 64.1 Å². The van der Waals surface area contributed by atoms with E-state index in [0.717, 1.165) is 0 Å². The Bertz CT molecular complexity index is 388. The average molecular weight is 278 g/mol. The number of nitrogens with one attached hydrogen (secondary N) is 1. The van der Waals surface area contributed by atoms with Crippen LogP contribution in [0.5, 0.6) is 0 Å². The summed E-state index contributed by atoms with van der Waals surface area (Å²) in [5, 5.41) is 3.50. The molecule has 0 atom stereocenters. The highest BCUT2D eigenvalue weighted by Gasteiger charge is 2.04. The molecule has 1 aromatic heterocycles. The molecule has 1 heterocycles. The third-order valence-corrected chi connectivity index (χ3v) is 2.33. The molecule has 7 heteroatoms. The van der Waals surface area contributed by atoms with Gasteiger partial charge in [-0.05, 0) is 24.9 Å². The first-order valence-electron chi connectivity index (χ1n) is 5.21. The maximum Gasteiger partial charge on any atom is 0.305 e. The van der Waals surface area contributed by atoms with Gasteiger partial charge in [-0.25, -0.2) is 4.98 Å². The standard InChI is InChI=1S/C10H13Cl2N3O2/c1-2-17-8(16)4-3-5-13-9-7(11)6-14-10(12)15-9/h6H,2-5H2,1H3,(H,13,14,15). The van der Waals surface area contributed by atoms with Crippen molar-refractivity contribution in [2.75, 3.05) is 18.5 Å². The Morgan fingerprint density at radius 1 is 1.53 bits per heavy atom. The summed E-state index contributed by atoms with van der Waals surface area (Å²) in [6, 6.07) is 0. The van der Waals surface area contributed by atoms with Gasteiger partial charge < -0.3 is 10.1 Å². The molecule has 1 N–H and O–H groups in total. The molecule has 0 aromatic carbocycles. The first-order valence-corrected chi connectivity index (χ1v) is 5.96. The third-order valence-electron chi connectivity index (χ3n) is 1.87. The van der Waals surface area contributed by atoms with Crippen molar-refractivity contribution >= 4 is 35.0 Å². The summed E-state index contributed by atoms with van der Waals surface area (Å²) in [4.78, 5) is 18.7. The van der Waals surface area contributed by atoms with Crippen molar-refractivity contribution in [2.45, 2.75) is 19.8 Å². The van der Waals surface area contributed by atoms with Crippen LogP contribution >= 0.6 is 23.2 Å². The van der Waals surface area contributed by atoms with Crippen LogP contribution in [0.25, 0.3) is 0 Å². The second-order valence-electron chi connectivity index (χ2n) is 3.17. The molecule has 0 bridgehead atoms. The van der Waals surface area contributed by atoms with Gasteiger partial charge in [0, 0.05) is 13.0 Å². The highest BCUT2D eigenvalue weighted by molar-refractivity contribution is 6.33. The van der Waals surface area contributed by atoms with Crippen molar-refractivity contribution in [3.05, 3.63) is 16.5 Å². The van der Waals surface area contributed by atoms with Crippen molar-refractivity contribution < 1.29 is 9.53 Å². The Morgan fingerprint density at radius 3 is 3.00 bits per heavy atom. The normalized spacial score (nSPS) is 10.1. The number of hydrogen-bond donors (Lipinski definition) is 1. The molecule has 0 unspecified atom stereocenters. The monoisotopic (exact) mass is 277 g/mol. The highest BCUT2D eigenvalue weighted by atomic mass is 35.5. The molecule has 94 valence electrons. The van der Waals surface area contributed by atoms with Gasteiger partial charge >= 0.3 is 5.97 Å². The molecule has 0 fully saturated rings. The van der Waals surface area contributed by atoms with Crippen molar-refractivity contribution in [2.24, 2.45) is 0 Å². The van der Waals surface area contributed by atoms with E-state index < -0.39 is 0 Å². The molecule has 1 rings (SSSR count). The van der Waals surface area contributed by atoms with Crippen LogP contribution in [-0.4, -0.2) is 29.1 Å². The lowest BCUT2D eigenvalue weighted by atomic mass is 10.3. The number of nitrogens with zero attached hydrogens (tertiary/aromatic N) is 2. The minimum absolute atomic E-state index is 0.127. The van der Waals surface area contributed by atoms with Crippen LogP contribution in [0.1, 0.15) is 19.8 Å². The Balaban J connectivity index is 2.31. The molecule has 0 saturated heterocycles. The molecular weight excluding hydrogens is 265 g/mol. The molecule has 17 heavy (non-hydrogen) atoms. The number of rotatable bonds is 6. The van der Waals surface area contributed by atoms with Gasteiger partial charge in [-0.2, -0.15) is 4.98 Å². The van der Waals surface area contributed by atoms with E-state index in [9.17, 15) is 4.79 Å². The van der Waals surface area contributed by atoms with Gasteiger partial charge in [0.25, 0.3) is 0 Å². The molecule has 0 radical (unpaired) electrons. The number of anilines is 1. The Kier molecular flexibility index (Phi) is 6.00. The molecule has 5 nitrogen and oxygen atoms in total. The van der Waals surface area contributed by atoms with E-state index in [1.54, 1.807) is 6.92 Å². The summed E-state index contributed by atoms with van der Waals surface area (Å²) < 4.78 is 4.80. The van der Waals surface area contributed by atoms with Crippen molar-refractivity contribution in [3.8, 4) is 0 Å². The number of hydrogen-bond acceptors (Lipinski definition) is 5. The lowest BCUT2D eigenvalue weighted by molar-refractivity contribution is -0.143. The number of ether oxygens (including phenoxy) is 1. The molecule has 1 aromatic rings. The predicted molar refractivity (Wildman–Crippen MR) is 66.4 cm³/mol. The summed E-state index contributed by atoms with van der Waals surface area (Å²) in [5.74, 6) is 0.261. The maximum atomic E-state index is 11.1. The highest BCUT2D eigenvalue weighted by Crippen LogP contribution is 2.19. The first-order chi connectivity index (χ1) is 8.13. The minimum Gasteiger partial charge on any atom is -0.466 e. The van der Waals surface area contributed by atoms with Gasteiger partial charge in [0.2, 0.25) is 5.28 Å². The third kappa shape index (κ3) is 5.19. The van der Waals surface area contributed by atoms with E-state index in [1.165, 1.54) is 6.20 Å². The summed E-state index contributed by atoms with van der Waals surface area (Å²) in [7, 11) is 0. The molecule has 0 aliphatic heterocycles. The molecule has 0 spiro atoms. The zero-order valence-corrected chi connectivity index (χ0v) is 10.9. The second-order valence-corrected chi connectivity index (χ2v) is 3.92. The van der Waals surface area contributed by atoms with E-state index in [-0.39, 0.29) is 11.3 Å². The van der Waals surface area contributed by atoms with E-state index in [0.29, 0.717) is 36.8 Å². The van der Waals surface area contributed by atoms with Gasteiger partial charge in [-0.3, -0.25) is 4.79 Å². The zero-order valence-electron chi connectivity index (χ0n) is 9.37. The van der Waals surface area contributed by atoms with E-state index >= 15 is 0 Å². The van der Waals surface area contributed by atoms with E-state index in [4.69, 9.17) is 27.9 Å². The fraction of sp³-hybridized carbons (Fsp3) is 0.500. The van der Waals surface area contributed by atoms with Crippen molar-refractivity contribution in [1.82, 2.24) is 9.97 Å². The van der Waals surface area contributed by atoms with Gasteiger partial charge in [0.15, 0.2) is 0 Å². The van der Waals surface area contributed by atoms with Gasteiger partial charge in [0.1, 0.15) is 10.8 Å². The Labute approximate surface area is 109 Å². The lowest BCUT2D eigenvalue weighted by Crippen LogP contribution is -2.09. The largest absolute Gasteiger partial charge is 0.466 e. The van der Waals surface area contributed by atoms with Crippen molar-refractivity contribution in [1.29, 1.82) is 0 Å². The summed E-state index contributed by atoms with van der Waals surface area (Å²) in [5.41, 5.74) is 0. The summed E-state index contributed by atoms with van der Waals surface area (Å²) >= 11 is 11.5. The predicted octanol–water partition coefficient (Wildman–Crippen LogP) is 2.54. The van der Waals surface area contributed by atoms with Crippen LogP contribution in [0.15, 0.2) is 6.20 Å². The zero-order chi connectivity index (χ0) is 12.7. The number of carbonyl (C=O) groups excluding carboxylic acids is 1. The van der Waals surface area contributed by atoms with Gasteiger partial charge in [-0.1, -0.05) is 11.6 Å². The van der Waals surface area contributed by atoms with E-state index in [2.05, 4.69) is 15.3 Å². The number of esters is 1. The van der Waals surface area contributed by atoms with E-state index in [1.807, 2.05) is 0 Å². The van der Waals surface area contributed by atoms with Gasteiger partial charge in [0.05, 0.1) is 12.8 Å². The fourth-order valence-corrected chi connectivity index (χ4v) is 1.43.